The lowest BCUT2D eigenvalue weighted by Crippen LogP contribution is -2.52. The molecule has 0 unspecified atom stereocenters. The van der Waals surface area contributed by atoms with Gasteiger partial charge in [0.1, 0.15) is 25.8 Å². The van der Waals surface area contributed by atoms with Gasteiger partial charge in [-0.2, -0.15) is 0 Å². The summed E-state index contributed by atoms with van der Waals surface area (Å²) in [5.41, 5.74) is 1.32. The fourth-order valence-electron chi connectivity index (χ4n) is 3.80. The van der Waals surface area contributed by atoms with E-state index in [-0.39, 0.29) is 18.2 Å². The third kappa shape index (κ3) is 6.66. The third-order valence-electron chi connectivity index (χ3n) is 5.80. The molecule has 9 nitrogen and oxygen atoms in total. The van der Waals surface area contributed by atoms with Crippen molar-refractivity contribution >= 4 is 27.5 Å². The van der Waals surface area contributed by atoms with Crippen molar-refractivity contribution in [2.24, 2.45) is 0 Å². The van der Waals surface area contributed by atoms with E-state index in [0.29, 0.717) is 43.4 Å². The Kier molecular flexibility index (Phi) is 8.97. The molecule has 1 N–H and O–H groups in total. The average molecular weight is 504 g/mol. The smallest absolute Gasteiger partial charge is 0.244 e. The summed E-state index contributed by atoms with van der Waals surface area (Å²) in [5.74, 6) is -0.00155. The summed E-state index contributed by atoms with van der Waals surface area (Å²) < 4.78 is 38.2. The molecule has 10 heteroatoms. The maximum absolute atomic E-state index is 13.5. The van der Waals surface area contributed by atoms with Crippen LogP contribution < -0.4 is 19.1 Å². The van der Waals surface area contributed by atoms with Crippen LogP contribution in [0.5, 0.6) is 11.5 Å². The van der Waals surface area contributed by atoms with Crippen LogP contribution in [0.4, 0.5) is 5.69 Å². The SMILES string of the molecule is CCNC(=O)[C@@H](C)N(CCc1ccccc1)C(=O)CN(c1ccc2c(c1)OCCO2)S(=O)(=O)CC. The number of hydrogen-bond donors (Lipinski definition) is 1. The molecule has 190 valence electrons. The van der Waals surface area contributed by atoms with E-state index < -0.39 is 28.5 Å². The molecule has 0 aliphatic carbocycles. The molecule has 35 heavy (non-hydrogen) atoms. The molecule has 0 saturated carbocycles. The Hall–Kier alpha value is -3.27. The van der Waals surface area contributed by atoms with Crippen LogP contribution >= 0.6 is 0 Å². The Morgan fingerprint density at radius 2 is 1.71 bits per heavy atom. The quantitative estimate of drug-likeness (QED) is 0.504. The minimum absolute atomic E-state index is 0.190. The van der Waals surface area contributed by atoms with Crippen LogP contribution in [0.25, 0.3) is 0 Å². The highest BCUT2D eigenvalue weighted by Crippen LogP contribution is 2.35. The molecule has 0 saturated heterocycles. The Balaban J connectivity index is 1.88. The fraction of sp³-hybridized carbons (Fsp3) is 0.440. The van der Waals surface area contributed by atoms with Gasteiger partial charge in [-0.15, -0.1) is 0 Å². The number of ether oxygens (including phenoxy) is 2. The topological polar surface area (TPSA) is 105 Å². The van der Waals surface area contributed by atoms with Gasteiger partial charge < -0.3 is 19.7 Å². The summed E-state index contributed by atoms with van der Waals surface area (Å²) in [6.45, 7) is 6.00. The fourth-order valence-corrected chi connectivity index (χ4v) is 4.85. The highest BCUT2D eigenvalue weighted by molar-refractivity contribution is 7.92. The van der Waals surface area contributed by atoms with Crippen LogP contribution in [0.1, 0.15) is 26.3 Å². The number of carbonyl (C=O) groups is 2. The number of amides is 2. The summed E-state index contributed by atoms with van der Waals surface area (Å²) in [4.78, 5) is 27.6. The van der Waals surface area contributed by atoms with Gasteiger partial charge in [-0.25, -0.2) is 8.42 Å². The Bertz CT molecular complexity index is 1120. The van der Waals surface area contributed by atoms with Crippen LogP contribution in [0.3, 0.4) is 0 Å². The van der Waals surface area contributed by atoms with E-state index in [1.165, 1.54) is 11.8 Å². The van der Waals surface area contributed by atoms with Crippen molar-refractivity contribution in [1.29, 1.82) is 0 Å². The van der Waals surface area contributed by atoms with Crippen molar-refractivity contribution in [3.63, 3.8) is 0 Å². The second-order valence-corrected chi connectivity index (χ2v) is 10.3. The van der Waals surface area contributed by atoms with E-state index in [1.54, 1.807) is 32.0 Å². The maximum Gasteiger partial charge on any atom is 0.244 e. The molecule has 2 aromatic carbocycles. The first-order chi connectivity index (χ1) is 16.8. The zero-order chi connectivity index (χ0) is 25.4. The summed E-state index contributed by atoms with van der Waals surface area (Å²) in [6.07, 6.45) is 0.529. The molecule has 1 atom stereocenters. The number of hydrogen-bond acceptors (Lipinski definition) is 6. The highest BCUT2D eigenvalue weighted by atomic mass is 32.2. The monoisotopic (exact) mass is 503 g/mol. The predicted molar refractivity (Wildman–Crippen MR) is 134 cm³/mol. The summed E-state index contributed by atoms with van der Waals surface area (Å²) in [6, 6.07) is 13.6. The molecule has 1 aliphatic rings. The molecule has 0 radical (unpaired) electrons. The second-order valence-electron chi connectivity index (χ2n) is 8.13. The normalized spacial score (nSPS) is 13.6. The van der Waals surface area contributed by atoms with Crippen LogP contribution in [0.15, 0.2) is 48.5 Å². The molecule has 2 amide bonds. The molecule has 1 aliphatic heterocycles. The van der Waals surface area contributed by atoms with Crippen LogP contribution in [0.2, 0.25) is 0 Å². The van der Waals surface area contributed by atoms with E-state index in [0.717, 1.165) is 9.87 Å². The zero-order valence-electron chi connectivity index (χ0n) is 20.4. The van der Waals surface area contributed by atoms with Crippen molar-refractivity contribution in [3.8, 4) is 11.5 Å². The molecular formula is C25H33N3O6S. The summed E-state index contributed by atoms with van der Waals surface area (Å²) in [5, 5.41) is 2.74. The van der Waals surface area contributed by atoms with E-state index in [4.69, 9.17) is 9.47 Å². The number of benzene rings is 2. The van der Waals surface area contributed by atoms with Crippen molar-refractivity contribution in [1.82, 2.24) is 10.2 Å². The Morgan fingerprint density at radius 1 is 1.03 bits per heavy atom. The first-order valence-electron chi connectivity index (χ1n) is 11.8. The van der Waals surface area contributed by atoms with Gasteiger partial charge in [-0.1, -0.05) is 30.3 Å². The number of likely N-dealkylation sites (N-methyl/N-ethyl adjacent to an activating group) is 1. The number of carbonyl (C=O) groups excluding carboxylic acids is 2. The van der Waals surface area contributed by atoms with Gasteiger partial charge in [0.25, 0.3) is 0 Å². The van der Waals surface area contributed by atoms with Crippen molar-refractivity contribution in [3.05, 3.63) is 54.1 Å². The first-order valence-corrected chi connectivity index (χ1v) is 13.4. The zero-order valence-corrected chi connectivity index (χ0v) is 21.2. The number of nitrogens with one attached hydrogen (secondary N) is 1. The Labute approximate surface area is 207 Å². The number of rotatable bonds is 11. The van der Waals surface area contributed by atoms with E-state index in [2.05, 4.69) is 5.32 Å². The maximum atomic E-state index is 13.5. The van der Waals surface area contributed by atoms with E-state index >= 15 is 0 Å². The van der Waals surface area contributed by atoms with Crippen LogP contribution in [-0.4, -0.2) is 69.8 Å². The van der Waals surface area contributed by atoms with Gasteiger partial charge in [0, 0.05) is 19.2 Å². The lowest BCUT2D eigenvalue weighted by atomic mass is 10.1. The lowest BCUT2D eigenvalue weighted by Gasteiger charge is -2.32. The molecule has 0 bridgehead atoms. The van der Waals surface area contributed by atoms with Gasteiger partial charge in [-0.05, 0) is 44.9 Å². The highest BCUT2D eigenvalue weighted by Gasteiger charge is 2.31. The van der Waals surface area contributed by atoms with Crippen molar-refractivity contribution < 1.29 is 27.5 Å². The largest absolute Gasteiger partial charge is 0.486 e. The van der Waals surface area contributed by atoms with E-state index in [1.807, 2.05) is 30.3 Å². The summed E-state index contributed by atoms with van der Waals surface area (Å²) in [7, 11) is -3.80. The van der Waals surface area contributed by atoms with Crippen molar-refractivity contribution in [2.45, 2.75) is 33.2 Å². The molecule has 0 spiro atoms. The minimum atomic E-state index is -3.80. The van der Waals surface area contributed by atoms with Gasteiger partial charge in [0.05, 0.1) is 11.4 Å². The summed E-state index contributed by atoms with van der Waals surface area (Å²) >= 11 is 0. The molecule has 0 aromatic heterocycles. The third-order valence-corrected chi connectivity index (χ3v) is 7.54. The molecule has 2 aromatic rings. The molecule has 1 heterocycles. The van der Waals surface area contributed by atoms with Crippen molar-refractivity contribution in [2.75, 3.05) is 42.9 Å². The van der Waals surface area contributed by atoms with Crippen LogP contribution in [0, 0.1) is 0 Å². The molecule has 3 rings (SSSR count). The number of sulfonamides is 1. The average Bonchev–Trinajstić information content (AvgIpc) is 2.87. The second kappa shape index (κ2) is 11.9. The van der Waals surface area contributed by atoms with Gasteiger partial charge in [-0.3, -0.25) is 13.9 Å². The predicted octanol–water partition coefficient (Wildman–Crippen LogP) is 2.21. The van der Waals surface area contributed by atoms with Gasteiger partial charge in [0.2, 0.25) is 21.8 Å². The van der Waals surface area contributed by atoms with E-state index in [9.17, 15) is 18.0 Å². The van der Waals surface area contributed by atoms with Crippen LogP contribution in [-0.2, 0) is 26.0 Å². The van der Waals surface area contributed by atoms with Gasteiger partial charge >= 0.3 is 0 Å². The Morgan fingerprint density at radius 3 is 2.37 bits per heavy atom. The lowest BCUT2D eigenvalue weighted by molar-refractivity contribution is -0.138. The molecule has 0 fully saturated rings. The first kappa shape index (κ1) is 26.3. The number of fused-ring (bicyclic) bond motifs is 1. The minimum Gasteiger partial charge on any atom is -0.486 e. The number of nitrogens with zero attached hydrogens (tertiary/aromatic N) is 2. The standard InChI is InChI=1S/C25H33N3O6S/c1-4-26-25(30)19(3)27(14-13-20-9-7-6-8-10-20)24(29)18-28(35(31,32)5-2)21-11-12-22-23(17-21)34-16-15-33-22/h6-12,17,19H,4-5,13-16,18H2,1-3H3,(H,26,30)/t19-/m1/s1. The number of anilines is 1. The molecular weight excluding hydrogens is 470 g/mol. The van der Waals surface area contributed by atoms with Gasteiger partial charge in [0.15, 0.2) is 11.5 Å².